The van der Waals surface area contributed by atoms with Crippen LogP contribution in [0.1, 0.15) is 486 Å². The zero-order valence-corrected chi connectivity index (χ0v) is 75.4. The lowest BCUT2D eigenvalue weighted by Gasteiger charge is -2.21. The predicted octanol–water partition coefficient (Wildman–Crippen LogP) is 28.3. The maximum Gasteiger partial charge on any atom is 0.472 e. The first kappa shape index (κ1) is 109. The molecule has 111 heavy (non-hydrogen) atoms. The van der Waals surface area contributed by atoms with Crippen LogP contribution in [0.4, 0.5) is 0 Å². The Morgan fingerprint density at radius 1 is 0.252 bits per heavy atom. The number of ether oxygens (including phenoxy) is 4. The number of esters is 4. The Bertz CT molecular complexity index is 2150. The molecule has 0 fully saturated rings. The average molecular weight is 1620 g/mol. The van der Waals surface area contributed by atoms with Crippen molar-refractivity contribution >= 4 is 39.5 Å². The van der Waals surface area contributed by atoms with Gasteiger partial charge in [-0.05, 0) is 49.4 Å². The van der Waals surface area contributed by atoms with Crippen LogP contribution in [0.25, 0.3) is 0 Å². The molecule has 0 radical (unpaired) electrons. The number of phosphoric ester groups is 2. The minimum Gasteiger partial charge on any atom is -0.462 e. The van der Waals surface area contributed by atoms with E-state index >= 15 is 0 Å². The van der Waals surface area contributed by atoms with Crippen LogP contribution < -0.4 is 0 Å². The fourth-order valence-electron chi connectivity index (χ4n) is 14.3. The molecule has 19 heteroatoms. The van der Waals surface area contributed by atoms with Crippen LogP contribution in [0, 0.1) is 23.7 Å². The van der Waals surface area contributed by atoms with Crippen molar-refractivity contribution in [2.45, 2.75) is 504 Å². The lowest BCUT2D eigenvalue weighted by molar-refractivity contribution is -0.161. The molecule has 3 N–H and O–H groups in total. The van der Waals surface area contributed by atoms with E-state index < -0.39 is 97.5 Å². The second-order valence-electron chi connectivity index (χ2n) is 34.7. The number of hydrogen-bond acceptors (Lipinski definition) is 15. The summed E-state index contributed by atoms with van der Waals surface area (Å²) >= 11 is 0. The van der Waals surface area contributed by atoms with Gasteiger partial charge in [-0.1, -0.05) is 434 Å². The molecule has 6 atom stereocenters. The zero-order valence-electron chi connectivity index (χ0n) is 73.6. The molecule has 0 aromatic rings. The Balaban J connectivity index is 5.21. The van der Waals surface area contributed by atoms with Crippen LogP contribution in [0.2, 0.25) is 0 Å². The predicted molar refractivity (Wildman–Crippen MR) is 460 cm³/mol. The molecule has 17 nitrogen and oxygen atoms in total. The van der Waals surface area contributed by atoms with Crippen molar-refractivity contribution in [1.82, 2.24) is 0 Å². The highest BCUT2D eigenvalue weighted by Crippen LogP contribution is 2.45. The zero-order chi connectivity index (χ0) is 81.6. The molecule has 0 saturated heterocycles. The Kier molecular flexibility index (Phi) is 79.1. The summed E-state index contributed by atoms with van der Waals surface area (Å²) in [6.45, 7) is 14.4. The van der Waals surface area contributed by atoms with Gasteiger partial charge in [0.1, 0.15) is 19.3 Å². The van der Waals surface area contributed by atoms with E-state index in [0.717, 1.165) is 120 Å². The lowest BCUT2D eigenvalue weighted by atomic mass is 10.00. The number of aliphatic hydroxyl groups excluding tert-OH is 1. The van der Waals surface area contributed by atoms with E-state index in [1.807, 2.05) is 0 Å². The molecule has 0 aromatic heterocycles. The van der Waals surface area contributed by atoms with Gasteiger partial charge in [0.15, 0.2) is 12.2 Å². The van der Waals surface area contributed by atoms with Crippen molar-refractivity contribution in [3.63, 3.8) is 0 Å². The van der Waals surface area contributed by atoms with Crippen molar-refractivity contribution < 1.29 is 80.2 Å². The van der Waals surface area contributed by atoms with Crippen LogP contribution in [-0.4, -0.2) is 96.7 Å². The summed E-state index contributed by atoms with van der Waals surface area (Å²) in [6, 6.07) is 0. The normalized spacial score (nSPS) is 14.1. The number of unbranched alkanes of at least 4 members (excludes halogenated alkanes) is 54. The smallest absolute Gasteiger partial charge is 0.462 e. The van der Waals surface area contributed by atoms with Crippen molar-refractivity contribution in [1.29, 1.82) is 0 Å². The van der Waals surface area contributed by atoms with Gasteiger partial charge in [-0.25, -0.2) is 9.13 Å². The fraction of sp³-hybridized carbons (Fsp3) is 0.957. The number of aliphatic hydroxyl groups is 1. The minimum absolute atomic E-state index is 0.107. The Morgan fingerprint density at radius 2 is 0.432 bits per heavy atom. The van der Waals surface area contributed by atoms with Crippen LogP contribution in [0.15, 0.2) is 0 Å². The summed E-state index contributed by atoms with van der Waals surface area (Å²) in [7, 11) is -9.94. The maximum absolute atomic E-state index is 13.2. The monoisotopic (exact) mass is 1620 g/mol. The third-order valence-corrected chi connectivity index (χ3v) is 23.8. The second kappa shape index (κ2) is 80.5. The lowest BCUT2D eigenvalue weighted by Crippen LogP contribution is -2.30. The SMILES string of the molecule is CCC(C)CCCCCCCCC(=O)OC[C@H](COP(=O)(O)OC[C@H](O)COP(=O)(O)OC[C@@H](COC(=O)CCCCCCCCCCCCCCCCCCCCC(C)C)OC(=O)CCCCCCCCCCCCCCCCCCC(C)C)OC(=O)CCCCCCCCCCCCCCCCCCCCC(C)C. The molecule has 0 saturated carbocycles. The van der Waals surface area contributed by atoms with Gasteiger partial charge in [0, 0.05) is 25.7 Å². The van der Waals surface area contributed by atoms with Gasteiger partial charge in [-0.3, -0.25) is 37.3 Å². The first-order valence-corrected chi connectivity index (χ1v) is 50.2. The van der Waals surface area contributed by atoms with Gasteiger partial charge in [-0.15, -0.1) is 0 Å². The highest BCUT2D eigenvalue weighted by Gasteiger charge is 2.31. The molecule has 0 spiro atoms. The van der Waals surface area contributed by atoms with Gasteiger partial charge in [0.05, 0.1) is 26.4 Å². The van der Waals surface area contributed by atoms with Crippen LogP contribution in [0.3, 0.4) is 0 Å². The fourth-order valence-corrected chi connectivity index (χ4v) is 15.9. The van der Waals surface area contributed by atoms with Crippen LogP contribution in [0.5, 0.6) is 0 Å². The van der Waals surface area contributed by atoms with Crippen molar-refractivity contribution in [3.8, 4) is 0 Å². The van der Waals surface area contributed by atoms with Crippen LogP contribution >= 0.6 is 15.6 Å². The summed E-state index contributed by atoms with van der Waals surface area (Å²) in [5.74, 6) is 1.08. The van der Waals surface area contributed by atoms with E-state index in [2.05, 4.69) is 55.4 Å². The van der Waals surface area contributed by atoms with Crippen molar-refractivity contribution in [2.75, 3.05) is 39.6 Å². The first-order valence-electron chi connectivity index (χ1n) is 47.2. The third kappa shape index (κ3) is 84.3. The molecule has 0 rings (SSSR count). The largest absolute Gasteiger partial charge is 0.472 e. The van der Waals surface area contributed by atoms with Crippen LogP contribution in [-0.2, 0) is 65.4 Å². The molecule has 0 heterocycles. The van der Waals surface area contributed by atoms with Crippen molar-refractivity contribution in [2.24, 2.45) is 23.7 Å². The highest BCUT2D eigenvalue weighted by atomic mass is 31.2. The highest BCUT2D eigenvalue weighted by molar-refractivity contribution is 7.47. The maximum atomic E-state index is 13.2. The second-order valence-corrected chi connectivity index (χ2v) is 37.6. The van der Waals surface area contributed by atoms with Gasteiger partial charge < -0.3 is 33.8 Å². The molecule has 0 aliphatic heterocycles. The van der Waals surface area contributed by atoms with E-state index in [1.165, 1.54) is 283 Å². The number of hydrogen-bond donors (Lipinski definition) is 3. The van der Waals surface area contributed by atoms with E-state index in [1.54, 1.807) is 0 Å². The van der Waals surface area contributed by atoms with Crippen molar-refractivity contribution in [3.05, 3.63) is 0 Å². The van der Waals surface area contributed by atoms with E-state index in [-0.39, 0.29) is 25.7 Å². The molecular formula is C92H180O17P2. The topological polar surface area (TPSA) is 237 Å². The number of carbonyl (C=O) groups excluding carboxylic acids is 4. The molecule has 660 valence electrons. The van der Waals surface area contributed by atoms with Gasteiger partial charge in [-0.2, -0.15) is 0 Å². The van der Waals surface area contributed by atoms with E-state index in [9.17, 15) is 43.2 Å². The molecule has 0 aliphatic rings. The number of carbonyl (C=O) groups is 4. The Hall–Kier alpha value is -1.94. The number of rotatable bonds is 89. The Labute approximate surface area is 683 Å². The van der Waals surface area contributed by atoms with E-state index in [0.29, 0.717) is 25.7 Å². The molecule has 0 aliphatic carbocycles. The molecule has 0 amide bonds. The Morgan fingerprint density at radius 3 is 0.640 bits per heavy atom. The average Bonchev–Trinajstić information content (AvgIpc) is 0.904. The number of phosphoric acid groups is 2. The minimum atomic E-state index is -4.97. The summed E-state index contributed by atoms with van der Waals surface area (Å²) in [4.78, 5) is 73.4. The van der Waals surface area contributed by atoms with Gasteiger partial charge >= 0.3 is 39.5 Å². The third-order valence-electron chi connectivity index (χ3n) is 21.9. The summed E-state index contributed by atoms with van der Waals surface area (Å²) in [5, 5.41) is 10.7. The van der Waals surface area contributed by atoms with Gasteiger partial charge in [0.25, 0.3) is 0 Å². The first-order chi connectivity index (χ1) is 53.6. The molecule has 3 unspecified atom stereocenters. The summed E-state index contributed by atoms with van der Waals surface area (Å²) in [5.41, 5.74) is 0. The summed E-state index contributed by atoms with van der Waals surface area (Å²) in [6.07, 6.45) is 72.4. The molecule has 0 bridgehead atoms. The molecular weight excluding hydrogens is 1440 g/mol. The summed E-state index contributed by atoms with van der Waals surface area (Å²) < 4.78 is 69.1. The standard InChI is InChI=1S/C92H180O17P2/c1-9-85(8)71-63-55-50-51-57-65-73-90(95)103-79-88(109-92(97)75-67-58-48-42-36-30-24-17-13-11-15-21-27-33-39-45-53-61-69-83(4)5)81-107-111(100,101)105-77-86(93)76-104-110(98,99)106-80-87(108-91(96)74-66-59-49-43-37-31-25-19-18-22-28-34-40-46-54-62-70-84(6)7)78-102-89(94)72-64-56-47-41-35-29-23-16-12-10-14-20-26-32-38-44-52-60-68-82(2)3/h82-88,93H,9-81H2,1-8H3,(H,98,99)(H,100,101)/t85?,86-,87-,88-/m1/s1. The van der Waals surface area contributed by atoms with Gasteiger partial charge in [0.2, 0.25) is 0 Å². The molecule has 0 aromatic carbocycles. The van der Waals surface area contributed by atoms with E-state index in [4.69, 9.17) is 37.0 Å². The quantitative estimate of drug-likeness (QED) is 0.0222.